The zero-order valence-electron chi connectivity index (χ0n) is 10.0. The molecule has 84 valence electrons. The van der Waals surface area contributed by atoms with Gasteiger partial charge in [0.15, 0.2) is 0 Å². The summed E-state index contributed by atoms with van der Waals surface area (Å²) in [6, 6.07) is 0. The number of likely N-dealkylation sites (N-methyl/N-ethyl adjacent to an activating group) is 1. The van der Waals surface area contributed by atoms with Crippen molar-refractivity contribution < 1.29 is 0 Å². The van der Waals surface area contributed by atoms with Gasteiger partial charge >= 0.3 is 0 Å². The van der Waals surface area contributed by atoms with E-state index in [0.717, 1.165) is 32.4 Å². The first-order valence-electron chi connectivity index (χ1n) is 5.85. The predicted molar refractivity (Wildman–Crippen MR) is 63.0 cm³/mol. The highest BCUT2D eigenvalue weighted by molar-refractivity contribution is 5.25. The van der Waals surface area contributed by atoms with E-state index in [1.165, 1.54) is 17.0 Å². The molecule has 0 fully saturated rings. The second-order valence-electron chi connectivity index (χ2n) is 3.56. The van der Waals surface area contributed by atoms with Gasteiger partial charge in [0.1, 0.15) is 6.33 Å². The van der Waals surface area contributed by atoms with Crippen molar-refractivity contribution in [1.82, 2.24) is 15.3 Å². The topological polar surface area (TPSA) is 37.8 Å². The van der Waals surface area contributed by atoms with Crippen molar-refractivity contribution in [3.63, 3.8) is 0 Å². The average Bonchev–Trinajstić information content (AvgIpc) is 2.29. The Bertz CT molecular complexity index is 275. The van der Waals surface area contributed by atoms with E-state index in [1.807, 2.05) is 0 Å². The zero-order chi connectivity index (χ0) is 11.1. The Morgan fingerprint density at radius 1 is 1.07 bits per heavy atom. The van der Waals surface area contributed by atoms with E-state index in [-0.39, 0.29) is 0 Å². The summed E-state index contributed by atoms with van der Waals surface area (Å²) in [5.74, 6) is 0. The Labute approximate surface area is 92.3 Å². The highest BCUT2D eigenvalue weighted by Gasteiger charge is 2.07. The van der Waals surface area contributed by atoms with Crippen molar-refractivity contribution in [2.75, 3.05) is 13.1 Å². The molecule has 0 bridgehead atoms. The van der Waals surface area contributed by atoms with Gasteiger partial charge in [0.25, 0.3) is 0 Å². The van der Waals surface area contributed by atoms with E-state index in [9.17, 15) is 0 Å². The Balaban J connectivity index is 2.80. The molecule has 1 heterocycles. The fraction of sp³-hybridized carbons (Fsp3) is 0.667. The standard InChI is InChI=1S/C12H21N3/c1-4-11-10(7-8-13-6-3)12(5-2)15-9-14-11/h9,13H,4-8H2,1-3H3. The first-order valence-corrected chi connectivity index (χ1v) is 5.85. The number of hydrogen-bond donors (Lipinski definition) is 1. The molecule has 0 spiro atoms. The molecule has 0 aliphatic rings. The van der Waals surface area contributed by atoms with Crippen molar-refractivity contribution in [2.45, 2.75) is 40.0 Å². The largest absolute Gasteiger partial charge is 0.317 e. The van der Waals surface area contributed by atoms with Gasteiger partial charge in [-0.2, -0.15) is 0 Å². The van der Waals surface area contributed by atoms with E-state index >= 15 is 0 Å². The predicted octanol–water partition coefficient (Wildman–Crippen LogP) is 1.75. The van der Waals surface area contributed by atoms with Gasteiger partial charge in [-0.15, -0.1) is 0 Å². The molecule has 0 atom stereocenters. The summed E-state index contributed by atoms with van der Waals surface area (Å²) in [4.78, 5) is 8.69. The van der Waals surface area contributed by atoms with Gasteiger partial charge in [-0.3, -0.25) is 0 Å². The number of rotatable bonds is 6. The van der Waals surface area contributed by atoms with E-state index < -0.39 is 0 Å². The molecule has 1 N–H and O–H groups in total. The summed E-state index contributed by atoms with van der Waals surface area (Å²) in [5, 5.41) is 3.34. The van der Waals surface area contributed by atoms with Crippen LogP contribution >= 0.6 is 0 Å². The van der Waals surface area contributed by atoms with Crippen LogP contribution in [0.1, 0.15) is 37.7 Å². The van der Waals surface area contributed by atoms with Gasteiger partial charge in [0, 0.05) is 11.4 Å². The van der Waals surface area contributed by atoms with E-state index in [0.29, 0.717) is 0 Å². The fourth-order valence-corrected chi connectivity index (χ4v) is 1.78. The first kappa shape index (κ1) is 12.1. The maximum atomic E-state index is 4.35. The van der Waals surface area contributed by atoms with Gasteiger partial charge in [-0.25, -0.2) is 9.97 Å². The number of nitrogens with zero attached hydrogens (tertiary/aromatic N) is 2. The van der Waals surface area contributed by atoms with Crippen LogP contribution < -0.4 is 5.32 Å². The third-order valence-electron chi connectivity index (χ3n) is 2.60. The van der Waals surface area contributed by atoms with Crippen LogP contribution in [0.25, 0.3) is 0 Å². The van der Waals surface area contributed by atoms with Crippen LogP contribution in [0.3, 0.4) is 0 Å². The maximum Gasteiger partial charge on any atom is 0.115 e. The summed E-state index contributed by atoms with van der Waals surface area (Å²) >= 11 is 0. The lowest BCUT2D eigenvalue weighted by atomic mass is 10.0. The van der Waals surface area contributed by atoms with Gasteiger partial charge in [-0.1, -0.05) is 20.8 Å². The van der Waals surface area contributed by atoms with E-state index in [1.54, 1.807) is 6.33 Å². The normalized spacial score (nSPS) is 10.6. The van der Waals surface area contributed by atoms with Crippen LogP contribution in [-0.2, 0) is 19.3 Å². The first-order chi connectivity index (χ1) is 7.33. The van der Waals surface area contributed by atoms with Crippen LogP contribution in [-0.4, -0.2) is 23.1 Å². The summed E-state index contributed by atoms with van der Waals surface area (Å²) in [6.45, 7) is 8.47. The Kier molecular flexibility index (Phi) is 5.26. The van der Waals surface area contributed by atoms with E-state index in [4.69, 9.17) is 0 Å². The maximum absolute atomic E-state index is 4.35. The molecule has 0 saturated carbocycles. The Morgan fingerprint density at radius 3 is 2.13 bits per heavy atom. The molecule has 15 heavy (non-hydrogen) atoms. The lowest BCUT2D eigenvalue weighted by Crippen LogP contribution is -2.18. The lowest BCUT2D eigenvalue weighted by Gasteiger charge is -2.10. The molecular weight excluding hydrogens is 186 g/mol. The van der Waals surface area contributed by atoms with Crippen LogP contribution in [0.2, 0.25) is 0 Å². The molecule has 1 rings (SSSR count). The molecule has 0 amide bonds. The van der Waals surface area contributed by atoms with Gasteiger partial charge in [-0.05, 0) is 37.9 Å². The molecule has 0 saturated heterocycles. The SMILES string of the molecule is CCNCCc1c(CC)ncnc1CC. The molecule has 3 nitrogen and oxygen atoms in total. The van der Waals surface area contributed by atoms with Crippen molar-refractivity contribution in [3.8, 4) is 0 Å². The van der Waals surface area contributed by atoms with Gasteiger partial charge in [0.05, 0.1) is 0 Å². The molecule has 1 aromatic heterocycles. The molecule has 0 aliphatic heterocycles. The molecule has 1 aromatic rings. The minimum atomic E-state index is 0.997. The quantitative estimate of drug-likeness (QED) is 0.722. The van der Waals surface area contributed by atoms with E-state index in [2.05, 4.69) is 36.1 Å². The number of aryl methyl sites for hydroxylation is 2. The van der Waals surface area contributed by atoms with Crippen molar-refractivity contribution >= 4 is 0 Å². The van der Waals surface area contributed by atoms with Crippen LogP contribution in [0.4, 0.5) is 0 Å². The van der Waals surface area contributed by atoms with Gasteiger partial charge < -0.3 is 5.32 Å². The third-order valence-corrected chi connectivity index (χ3v) is 2.60. The second-order valence-corrected chi connectivity index (χ2v) is 3.56. The second kappa shape index (κ2) is 6.51. The fourth-order valence-electron chi connectivity index (χ4n) is 1.78. The molecule has 0 aliphatic carbocycles. The highest BCUT2D eigenvalue weighted by Crippen LogP contribution is 2.11. The summed E-state index contributed by atoms with van der Waals surface area (Å²) in [5.41, 5.74) is 3.77. The van der Waals surface area contributed by atoms with Crippen LogP contribution in [0.5, 0.6) is 0 Å². The third kappa shape index (κ3) is 3.27. The summed E-state index contributed by atoms with van der Waals surface area (Å²) in [7, 11) is 0. The molecule has 3 heteroatoms. The molecule has 0 radical (unpaired) electrons. The zero-order valence-corrected chi connectivity index (χ0v) is 10.0. The monoisotopic (exact) mass is 207 g/mol. The Morgan fingerprint density at radius 2 is 1.67 bits per heavy atom. The van der Waals surface area contributed by atoms with Crippen molar-refractivity contribution in [3.05, 3.63) is 23.3 Å². The summed E-state index contributed by atoms with van der Waals surface area (Å²) in [6.07, 6.45) is 4.73. The van der Waals surface area contributed by atoms with Crippen LogP contribution in [0, 0.1) is 0 Å². The molecule has 0 unspecified atom stereocenters. The number of aromatic nitrogens is 2. The van der Waals surface area contributed by atoms with Crippen LogP contribution in [0.15, 0.2) is 6.33 Å². The van der Waals surface area contributed by atoms with Gasteiger partial charge in [0.2, 0.25) is 0 Å². The smallest absolute Gasteiger partial charge is 0.115 e. The lowest BCUT2D eigenvalue weighted by molar-refractivity contribution is 0.701. The Hall–Kier alpha value is -0.960. The molecular formula is C12H21N3. The summed E-state index contributed by atoms with van der Waals surface area (Å²) < 4.78 is 0. The van der Waals surface area contributed by atoms with Crippen molar-refractivity contribution in [2.24, 2.45) is 0 Å². The number of hydrogen-bond acceptors (Lipinski definition) is 3. The molecule has 0 aromatic carbocycles. The minimum Gasteiger partial charge on any atom is -0.317 e. The minimum absolute atomic E-state index is 0.997. The average molecular weight is 207 g/mol. The van der Waals surface area contributed by atoms with Crippen molar-refractivity contribution in [1.29, 1.82) is 0 Å². The highest BCUT2D eigenvalue weighted by atomic mass is 14.9. The number of nitrogens with one attached hydrogen (secondary N) is 1.